The molecule has 0 amide bonds. The van der Waals surface area contributed by atoms with Crippen molar-refractivity contribution < 1.29 is 43.2 Å². The zero-order chi connectivity index (χ0) is 32.5. The van der Waals surface area contributed by atoms with Gasteiger partial charge in [-0.25, -0.2) is 0 Å². The summed E-state index contributed by atoms with van der Waals surface area (Å²) in [6.07, 6.45) is 11.7. The van der Waals surface area contributed by atoms with E-state index in [1.54, 1.807) is 0 Å². The fourth-order valence-electron chi connectivity index (χ4n) is 7.02. The maximum absolute atomic E-state index is 14.0. The van der Waals surface area contributed by atoms with Crippen LogP contribution in [-0.4, -0.2) is 69.7 Å². The summed E-state index contributed by atoms with van der Waals surface area (Å²) >= 11 is -2.88. The van der Waals surface area contributed by atoms with Crippen LogP contribution in [0.3, 0.4) is 0 Å². The number of nitrogens with one attached hydrogen (secondary N) is 1. The molecule has 43 heavy (non-hydrogen) atoms. The number of fused-ring (bicyclic) bond motifs is 1. The molecule has 0 aromatic heterocycles. The van der Waals surface area contributed by atoms with Crippen molar-refractivity contribution in [2.45, 2.75) is 128 Å². The third-order valence-corrected chi connectivity index (χ3v) is 26.3. The van der Waals surface area contributed by atoms with E-state index in [1.807, 2.05) is 0 Å². The summed E-state index contributed by atoms with van der Waals surface area (Å²) < 4.78 is 136. The molecular weight excluding hydrogens is 725 g/mol. The molecule has 15 heteroatoms. The number of sulfonamides is 2. The third kappa shape index (κ3) is 10.5. The number of alkyl halides is 6. The van der Waals surface area contributed by atoms with E-state index in [0.29, 0.717) is 4.31 Å². The molecule has 0 unspecified atom stereocenters. The minimum absolute atomic E-state index is 0.0391. The van der Waals surface area contributed by atoms with Crippen molar-refractivity contribution >= 4 is 38.4 Å². The second kappa shape index (κ2) is 16.7. The zero-order valence-electron chi connectivity index (χ0n) is 25.6. The van der Waals surface area contributed by atoms with Gasteiger partial charge in [-0.05, 0) is 0 Å². The van der Waals surface area contributed by atoms with Crippen molar-refractivity contribution in [3.05, 3.63) is 10.2 Å². The Hall–Kier alpha value is -0.0613. The summed E-state index contributed by atoms with van der Waals surface area (Å²) in [5.74, 6) is -0.318. The van der Waals surface area contributed by atoms with Crippen LogP contribution in [-0.2, 0) is 20.0 Å². The topological polar surface area (TPSA) is 83.6 Å². The third-order valence-electron chi connectivity index (χ3n) is 9.33. The predicted molar refractivity (Wildman–Crippen MR) is 161 cm³/mol. The van der Waals surface area contributed by atoms with Gasteiger partial charge in [0.1, 0.15) is 0 Å². The normalized spacial score (nSPS) is 24.2. The maximum atomic E-state index is 14.0. The minimum atomic E-state index is -5.82. The van der Waals surface area contributed by atoms with Crippen molar-refractivity contribution in [1.82, 2.24) is 9.03 Å². The summed E-state index contributed by atoms with van der Waals surface area (Å²) in [6.45, 7) is 4.87. The van der Waals surface area contributed by atoms with Crippen molar-refractivity contribution in [1.29, 1.82) is 0 Å². The Kier molecular flexibility index (Phi) is 15.2. The molecule has 0 radical (unpaired) electrons. The van der Waals surface area contributed by atoms with E-state index >= 15 is 0 Å². The Morgan fingerprint density at radius 2 is 1.35 bits per heavy atom. The Morgan fingerprint density at radius 3 is 1.84 bits per heavy atom. The summed E-state index contributed by atoms with van der Waals surface area (Å²) in [5, 5.41) is 0. The van der Waals surface area contributed by atoms with E-state index in [4.69, 9.17) is 0 Å². The number of hydrogen-bond donors (Lipinski definition) is 1. The molecule has 2 saturated carbocycles. The first-order valence-corrected chi connectivity index (χ1v) is 26.4. The first kappa shape index (κ1) is 39.1. The van der Waals surface area contributed by atoms with Crippen molar-refractivity contribution in [2.24, 2.45) is 17.8 Å². The summed E-state index contributed by atoms with van der Waals surface area (Å²) in [5.41, 5.74) is -11.2. The molecule has 2 rings (SSSR count). The van der Waals surface area contributed by atoms with Gasteiger partial charge < -0.3 is 0 Å². The fourth-order valence-corrected chi connectivity index (χ4v) is 23.2. The molecule has 0 aromatic rings. The average Bonchev–Trinajstić information content (AvgIpc) is 3.28. The first-order chi connectivity index (χ1) is 20.0. The molecule has 2 fully saturated rings. The molecule has 0 bridgehead atoms. The van der Waals surface area contributed by atoms with E-state index in [9.17, 15) is 43.2 Å². The molecule has 1 N–H and O–H groups in total. The van der Waals surface area contributed by atoms with Crippen LogP contribution in [0.15, 0.2) is 10.2 Å². The van der Waals surface area contributed by atoms with Gasteiger partial charge in [-0.3, -0.25) is 0 Å². The van der Waals surface area contributed by atoms with E-state index in [-0.39, 0.29) is 18.3 Å². The summed E-state index contributed by atoms with van der Waals surface area (Å²) in [6, 6.07) is -0.984. The van der Waals surface area contributed by atoms with Gasteiger partial charge >= 0.3 is 260 Å². The fraction of sp³-hybridized carbons (Fsp3) is 0.929. The first-order valence-electron chi connectivity index (χ1n) is 15.8. The second-order valence-electron chi connectivity index (χ2n) is 12.4. The number of unbranched alkanes of at least 4 members (excludes halogenated alkanes) is 3. The Labute approximate surface area is 258 Å². The van der Waals surface area contributed by atoms with Gasteiger partial charge in [0.15, 0.2) is 0 Å². The molecule has 2 aliphatic rings. The van der Waals surface area contributed by atoms with E-state index < -0.39 is 80.9 Å². The van der Waals surface area contributed by atoms with Crippen LogP contribution in [0, 0.1) is 17.8 Å². The molecule has 0 heterocycles. The van der Waals surface area contributed by atoms with Gasteiger partial charge in [-0.2, -0.15) is 0 Å². The van der Waals surface area contributed by atoms with Crippen LogP contribution in [0.5, 0.6) is 0 Å². The van der Waals surface area contributed by atoms with Crippen LogP contribution in [0.2, 0.25) is 13.3 Å². The van der Waals surface area contributed by atoms with Crippen LogP contribution >= 0.6 is 0 Å². The van der Waals surface area contributed by atoms with E-state index in [0.717, 1.165) is 77.5 Å². The zero-order valence-corrected chi connectivity index (χ0v) is 30.1. The molecule has 4 atom stereocenters. The van der Waals surface area contributed by atoms with Gasteiger partial charge in [-0.1, -0.05) is 0 Å². The van der Waals surface area contributed by atoms with E-state index in [2.05, 4.69) is 30.9 Å². The SMILES string of the molecule is CCC[CH2][Sn](/[CH]=C/[C@H]1[C@@H]2CCCC[C@H]2C[C@H]1N(CCCNS(=O)(=O)C(F)(F)F)S(=O)(=O)C(F)(F)F)([CH2]CCC)[CH2]CCC. The number of nitrogens with zero attached hydrogens (tertiary/aromatic N) is 1. The number of hydrogen-bond acceptors (Lipinski definition) is 4. The van der Waals surface area contributed by atoms with Gasteiger partial charge in [0, 0.05) is 0 Å². The van der Waals surface area contributed by atoms with Crippen LogP contribution in [0.1, 0.15) is 97.8 Å². The van der Waals surface area contributed by atoms with Gasteiger partial charge in [0.2, 0.25) is 0 Å². The van der Waals surface area contributed by atoms with Crippen molar-refractivity contribution in [3.8, 4) is 0 Å². The molecule has 0 saturated heterocycles. The summed E-state index contributed by atoms with van der Waals surface area (Å²) in [4.78, 5) is 0. The molecule has 6 nitrogen and oxygen atoms in total. The molecule has 2 aliphatic carbocycles. The van der Waals surface area contributed by atoms with Crippen LogP contribution < -0.4 is 4.72 Å². The Morgan fingerprint density at radius 1 is 0.814 bits per heavy atom. The van der Waals surface area contributed by atoms with Crippen LogP contribution in [0.25, 0.3) is 0 Å². The quantitative estimate of drug-likeness (QED) is 0.0867. The van der Waals surface area contributed by atoms with Crippen LogP contribution in [0.4, 0.5) is 26.3 Å². The van der Waals surface area contributed by atoms with Crippen molar-refractivity contribution in [3.63, 3.8) is 0 Å². The summed E-state index contributed by atoms with van der Waals surface area (Å²) in [7, 11) is -11.5. The Bertz CT molecular complexity index is 1080. The molecule has 0 spiro atoms. The monoisotopic (exact) mass is 776 g/mol. The predicted octanol–water partition coefficient (Wildman–Crippen LogP) is 8.11. The molecule has 254 valence electrons. The molecular formula is C28H50F6N2O4S2Sn. The van der Waals surface area contributed by atoms with Gasteiger partial charge in [0.05, 0.1) is 0 Å². The van der Waals surface area contributed by atoms with Crippen molar-refractivity contribution in [2.75, 3.05) is 13.1 Å². The van der Waals surface area contributed by atoms with Gasteiger partial charge in [0.25, 0.3) is 0 Å². The molecule has 0 aliphatic heterocycles. The van der Waals surface area contributed by atoms with E-state index in [1.165, 1.54) is 4.72 Å². The average molecular weight is 776 g/mol. The number of halogens is 6. The Balaban J connectivity index is 2.49. The standard InChI is InChI=1S/C16H23F6N2O4S2.3C4H9.Sn/c1-2-12-13-7-4-3-6-11(13)10-14(12)24(30(27,28)16(20,21)22)9-5-8-23-29(25,26)15(17,18)19;3*1-3-4-2;/h1-2,11-14,23H,3-10H2;3*1,3-4H2,2H3;/t11-,12-,13+,14+;;;;/m0..../s1. The second-order valence-corrected chi connectivity index (χ2v) is 29.0. The number of rotatable bonds is 18. The van der Waals surface area contributed by atoms with Gasteiger partial charge in [-0.15, -0.1) is 0 Å². The molecule has 0 aromatic carbocycles.